The van der Waals surface area contributed by atoms with E-state index in [0.717, 1.165) is 25.1 Å². The standard InChI is InChI=1S/C12H11Br2NOS/c1-16-10-3-2-7(6-9(10)14)11(15)12-8(13)4-5-17-12/h2-6,11H,15H2,1H3. The Labute approximate surface area is 121 Å². The summed E-state index contributed by atoms with van der Waals surface area (Å²) >= 11 is 8.62. The maximum Gasteiger partial charge on any atom is 0.133 e. The zero-order valence-corrected chi connectivity index (χ0v) is 13.1. The molecule has 1 unspecified atom stereocenters. The molecule has 0 aliphatic rings. The molecule has 0 bridgehead atoms. The summed E-state index contributed by atoms with van der Waals surface area (Å²) in [5.41, 5.74) is 7.30. The fraction of sp³-hybridized carbons (Fsp3) is 0.167. The van der Waals surface area contributed by atoms with Crippen LogP contribution in [-0.4, -0.2) is 7.11 Å². The van der Waals surface area contributed by atoms with E-state index in [0.29, 0.717) is 0 Å². The van der Waals surface area contributed by atoms with Gasteiger partial charge in [-0.3, -0.25) is 0 Å². The first-order chi connectivity index (χ1) is 8.13. The maximum absolute atomic E-state index is 6.24. The third-order valence-corrected chi connectivity index (χ3v) is 5.04. The minimum atomic E-state index is -0.119. The summed E-state index contributed by atoms with van der Waals surface area (Å²) < 4.78 is 7.17. The number of benzene rings is 1. The number of ether oxygens (including phenoxy) is 1. The first-order valence-corrected chi connectivity index (χ1v) is 7.42. The highest BCUT2D eigenvalue weighted by molar-refractivity contribution is 9.10. The highest BCUT2D eigenvalue weighted by Crippen LogP contribution is 2.34. The average Bonchev–Trinajstić information content (AvgIpc) is 2.74. The van der Waals surface area contributed by atoms with Gasteiger partial charge >= 0.3 is 0 Å². The molecule has 0 aliphatic heterocycles. The summed E-state index contributed by atoms with van der Waals surface area (Å²) in [6, 6.07) is 7.79. The van der Waals surface area contributed by atoms with Crippen molar-refractivity contribution >= 4 is 43.2 Å². The second-order valence-corrected chi connectivity index (χ2v) is 6.16. The van der Waals surface area contributed by atoms with E-state index in [1.807, 2.05) is 29.6 Å². The molecule has 0 amide bonds. The zero-order valence-electron chi connectivity index (χ0n) is 9.11. The molecule has 0 spiro atoms. The molecule has 17 heavy (non-hydrogen) atoms. The molecule has 0 radical (unpaired) electrons. The Balaban J connectivity index is 2.35. The summed E-state index contributed by atoms with van der Waals surface area (Å²) in [4.78, 5) is 1.13. The third kappa shape index (κ3) is 2.73. The molecule has 5 heteroatoms. The number of nitrogens with two attached hydrogens (primary N) is 1. The fourth-order valence-electron chi connectivity index (χ4n) is 1.55. The average molecular weight is 377 g/mol. The van der Waals surface area contributed by atoms with Gasteiger partial charge in [-0.1, -0.05) is 6.07 Å². The van der Waals surface area contributed by atoms with Crippen molar-refractivity contribution in [2.45, 2.75) is 6.04 Å². The van der Waals surface area contributed by atoms with Gasteiger partial charge in [0, 0.05) is 9.35 Å². The number of methoxy groups -OCH3 is 1. The van der Waals surface area contributed by atoms with Gasteiger partial charge in [-0.25, -0.2) is 0 Å². The Morgan fingerprint density at radius 2 is 2.00 bits per heavy atom. The lowest BCUT2D eigenvalue weighted by atomic mass is 10.1. The number of hydrogen-bond donors (Lipinski definition) is 1. The third-order valence-electron chi connectivity index (χ3n) is 2.46. The normalized spacial score (nSPS) is 12.5. The Kier molecular flexibility index (Phi) is 4.25. The van der Waals surface area contributed by atoms with Gasteiger partial charge in [-0.2, -0.15) is 0 Å². The molecule has 2 nitrogen and oxygen atoms in total. The molecular weight excluding hydrogens is 366 g/mol. The predicted octanol–water partition coefficient (Wildman–Crippen LogP) is 4.33. The summed E-state index contributed by atoms with van der Waals surface area (Å²) in [6.07, 6.45) is 0. The van der Waals surface area contributed by atoms with E-state index >= 15 is 0 Å². The Morgan fingerprint density at radius 3 is 2.53 bits per heavy atom. The lowest BCUT2D eigenvalue weighted by molar-refractivity contribution is 0.412. The molecule has 0 fully saturated rings. The van der Waals surface area contributed by atoms with Gasteiger partial charge < -0.3 is 10.5 Å². The largest absolute Gasteiger partial charge is 0.496 e. The molecule has 2 aromatic rings. The first-order valence-electron chi connectivity index (χ1n) is 4.95. The second-order valence-electron chi connectivity index (χ2n) is 3.50. The van der Waals surface area contributed by atoms with Crippen LogP contribution in [0.3, 0.4) is 0 Å². The van der Waals surface area contributed by atoms with Crippen LogP contribution in [0.4, 0.5) is 0 Å². The number of thiophene rings is 1. The van der Waals surface area contributed by atoms with Crippen molar-refractivity contribution in [3.63, 3.8) is 0 Å². The van der Waals surface area contributed by atoms with Gasteiger partial charge in [0.2, 0.25) is 0 Å². The Bertz CT molecular complexity index is 527. The first kappa shape index (κ1) is 13.1. The van der Waals surface area contributed by atoms with Gasteiger partial charge in [0.25, 0.3) is 0 Å². The molecule has 0 saturated heterocycles. The van der Waals surface area contributed by atoms with Gasteiger partial charge in [0.1, 0.15) is 5.75 Å². The second kappa shape index (κ2) is 5.52. The molecule has 2 N–H and O–H groups in total. The highest BCUT2D eigenvalue weighted by atomic mass is 79.9. The Hall–Kier alpha value is -0.360. The molecule has 90 valence electrons. The van der Waals surface area contributed by atoms with Crippen molar-refractivity contribution in [1.29, 1.82) is 0 Å². The molecule has 0 aliphatic carbocycles. The van der Waals surface area contributed by atoms with E-state index in [9.17, 15) is 0 Å². The Morgan fingerprint density at radius 1 is 1.24 bits per heavy atom. The van der Waals surface area contributed by atoms with Crippen molar-refractivity contribution in [2.75, 3.05) is 7.11 Å². The molecule has 1 aromatic heterocycles. The van der Waals surface area contributed by atoms with Crippen LogP contribution in [0, 0.1) is 0 Å². The number of halogens is 2. The van der Waals surface area contributed by atoms with Gasteiger partial charge in [0.05, 0.1) is 17.6 Å². The van der Waals surface area contributed by atoms with Crippen LogP contribution in [0.5, 0.6) is 5.75 Å². The molecule has 1 aromatic carbocycles. The summed E-state index contributed by atoms with van der Waals surface area (Å²) in [7, 11) is 1.65. The van der Waals surface area contributed by atoms with E-state index in [1.54, 1.807) is 18.4 Å². The predicted molar refractivity (Wildman–Crippen MR) is 78.7 cm³/mol. The van der Waals surface area contributed by atoms with Crippen molar-refractivity contribution in [1.82, 2.24) is 0 Å². The van der Waals surface area contributed by atoms with E-state index in [2.05, 4.69) is 31.9 Å². The zero-order chi connectivity index (χ0) is 12.4. The summed E-state index contributed by atoms with van der Waals surface area (Å²) in [5.74, 6) is 0.811. The molecule has 0 saturated carbocycles. The summed E-state index contributed by atoms with van der Waals surface area (Å²) in [6.45, 7) is 0. The van der Waals surface area contributed by atoms with Crippen LogP contribution in [0.25, 0.3) is 0 Å². The van der Waals surface area contributed by atoms with Crippen LogP contribution < -0.4 is 10.5 Å². The lowest BCUT2D eigenvalue weighted by Gasteiger charge is -2.13. The monoisotopic (exact) mass is 375 g/mol. The summed E-state index contributed by atoms with van der Waals surface area (Å²) in [5, 5.41) is 2.03. The topological polar surface area (TPSA) is 35.2 Å². The smallest absolute Gasteiger partial charge is 0.133 e. The number of hydrogen-bond acceptors (Lipinski definition) is 3. The molecule has 1 heterocycles. The van der Waals surface area contributed by atoms with Crippen LogP contribution >= 0.6 is 43.2 Å². The maximum atomic E-state index is 6.24. The van der Waals surface area contributed by atoms with Crippen LogP contribution in [0.15, 0.2) is 38.6 Å². The minimum absolute atomic E-state index is 0.119. The quantitative estimate of drug-likeness (QED) is 0.865. The van der Waals surface area contributed by atoms with Gasteiger partial charge in [-0.05, 0) is 61.0 Å². The van der Waals surface area contributed by atoms with Gasteiger partial charge in [0.15, 0.2) is 0 Å². The van der Waals surface area contributed by atoms with Crippen LogP contribution in [-0.2, 0) is 0 Å². The minimum Gasteiger partial charge on any atom is -0.496 e. The van der Waals surface area contributed by atoms with Crippen molar-refractivity contribution < 1.29 is 4.74 Å². The van der Waals surface area contributed by atoms with Crippen LogP contribution in [0.1, 0.15) is 16.5 Å². The van der Waals surface area contributed by atoms with E-state index in [1.165, 1.54) is 0 Å². The lowest BCUT2D eigenvalue weighted by Crippen LogP contribution is -2.10. The van der Waals surface area contributed by atoms with E-state index in [-0.39, 0.29) is 6.04 Å². The fourth-order valence-corrected chi connectivity index (χ4v) is 3.76. The molecule has 1 atom stereocenters. The molecule has 2 rings (SSSR count). The van der Waals surface area contributed by atoms with Crippen molar-refractivity contribution in [2.24, 2.45) is 5.73 Å². The number of rotatable bonds is 3. The van der Waals surface area contributed by atoms with Crippen molar-refractivity contribution in [3.8, 4) is 5.75 Å². The van der Waals surface area contributed by atoms with Gasteiger partial charge in [-0.15, -0.1) is 11.3 Å². The SMILES string of the molecule is COc1ccc(C(N)c2sccc2Br)cc1Br. The van der Waals surface area contributed by atoms with E-state index in [4.69, 9.17) is 10.5 Å². The molecular formula is C12H11Br2NOS. The van der Waals surface area contributed by atoms with E-state index < -0.39 is 0 Å². The van der Waals surface area contributed by atoms with Crippen LogP contribution in [0.2, 0.25) is 0 Å². The van der Waals surface area contributed by atoms with Crippen molar-refractivity contribution in [3.05, 3.63) is 49.0 Å². The highest BCUT2D eigenvalue weighted by Gasteiger charge is 2.14.